The minimum atomic E-state index is -0.148. The van der Waals surface area contributed by atoms with Gasteiger partial charge in [0.25, 0.3) is 0 Å². The summed E-state index contributed by atoms with van der Waals surface area (Å²) in [5.41, 5.74) is 18.2. The lowest BCUT2D eigenvalue weighted by molar-refractivity contribution is 0.652. The molecule has 0 aromatic heterocycles. The van der Waals surface area contributed by atoms with Crippen LogP contribution < -0.4 is 9.80 Å². The van der Waals surface area contributed by atoms with E-state index in [1.807, 2.05) is 23.5 Å². The quantitative estimate of drug-likeness (QED) is 0.177. The van der Waals surface area contributed by atoms with E-state index in [4.69, 9.17) is 0 Å². The average molecular weight is 705 g/mol. The molecule has 4 heteroatoms. The second kappa shape index (κ2) is 10.7. The van der Waals surface area contributed by atoms with Gasteiger partial charge in [-0.15, -0.1) is 0 Å². The summed E-state index contributed by atoms with van der Waals surface area (Å²) in [4.78, 5) is 10.1. The lowest BCUT2D eigenvalue weighted by Crippen LogP contribution is -2.19. The summed E-state index contributed by atoms with van der Waals surface area (Å²) >= 11 is 3.72. The van der Waals surface area contributed by atoms with Gasteiger partial charge in [-0.2, -0.15) is 0 Å². The molecule has 0 saturated heterocycles. The Morgan fingerprint density at radius 1 is 0.346 bits per heavy atom. The van der Waals surface area contributed by atoms with Crippen LogP contribution in [0, 0.1) is 0 Å². The summed E-state index contributed by atoms with van der Waals surface area (Å²) in [6, 6.07) is 54.6. The van der Waals surface area contributed by atoms with E-state index in [-0.39, 0.29) is 10.8 Å². The molecule has 52 heavy (non-hydrogen) atoms. The van der Waals surface area contributed by atoms with Gasteiger partial charge in [0.2, 0.25) is 0 Å². The van der Waals surface area contributed by atoms with Crippen molar-refractivity contribution in [3.05, 3.63) is 168 Å². The molecule has 4 aliphatic rings. The fourth-order valence-electron chi connectivity index (χ4n) is 9.18. The van der Waals surface area contributed by atoms with Crippen LogP contribution in [0.4, 0.5) is 34.1 Å². The average Bonchev–Trinajstić information content (AvgIpc) is 3.53. The van der Waals surface area contributed by atoms with Crippen LogP contribution in [0.5, 0.6) is 0 Å². The molecule has 0 radical (unpaired) electrons. The zero-order valence-corrected chi connectivity index (χ0v) is 31.2. The number of anilines is 6. The van der Waals surface area contributed by atoms with E-state index < -0.39 is 0 Å². The molecule has 0 saturated carbocycles. The molecular formula is C48H36N2S2. The first-order valence-electron chi connectivity index (χ1n) is 18.1. The highest BCUT2D eigenvalue weighted by molar-refractivity contribution is 8.00. The normalized spacial score (nSPS) is 16.2. The van der Waals surface area contributed by atoms with Crippen LogP contribution in [0.1, 0.15) is 49.9 Å². The van der Waals surface area contributed by atoms with Crippen molar-refractivity contribution in [1.29, 1.82) is 0 Å². The van der Waals surface area contributed by atoms with Crippen molar-refractivity contribution in [2.75, 3.05) is 9.80 Å². The van der Waals surface area contributed by atoms with Gasteiger partial charge in [-0.05, 0) is 129 Å². The number of rotatable bonds is 2. The van der Waals surface area contributed by atoms with Crippen molar-refractivity contribution in [3.63, 3.8) is 0 Å². The van der Waals surface area contributed by atoms with E-state index >= 15 is 0 Å². The lowest BCUT2D eigenvalue weighted by Gasteiger charge is -2.33. The van der Waals surface area contributed by atoms with E-state index in [0.717, 1.165) is 0 Å². The molecule has 0 unspecified atom stereocenters. The first kappa shape index (κ1) is 30.5. The van der Waals surface area contributed by atoms with Gasteiger partial charge in [0.05, 0.1) is 22.7 Å². The summed E-state index contributed by atoms with van der Waals surface area (Å²) < 4.78 is 0. The van der Waals surface area contributed by atoms with Crippen LogP contribution in [-0.2, 0) is 10.8 Å². The Morgan fingerprint density at radius 2 is 0.654 bits per heavy atom. The van der Waals surface area contributed by atoms with E-state index in [1.54, 1.807) is 0 Å². The fraction of sp³-hybridized carbons (Fsp3) is 0.125. The Kier molecular flexibility index (Phi) is 6.26. The standard InChI is InChI=1S/C48H36N2S2/c1-47(2)35-25-29(49-39-13-5-9-17-43(39)51-44-18-10-6-14-40(44)49)21-23-31(35)33-28-38-34(27-37(33)47)32-24-22-30(26-36(32)48(38,3)4)50-41-15-7-11-19-45(41)52-46-20-12-8-16-42(46)50/h5-28H,1-4H3. The van der Waals surface area contributed by atoms with Crippen molar-refractivity contribution < 1.29 is 0 Å². The van der Waals surface area contributed by atoms with E-state index in [0.29, 0.717) is 0 Å². The van der Waals surface area contributed by atoms with Gasteiger partial charge in [0.15, 0.2) is 0 Å². The maximum absolute atomic E-state index is 2.53. The fourth-order valence-corrected chi connectivity index (χ4v) is 11.3. The van der Waals surface area contributed by atoms with Crippen molar-refractivity contribution in [2.24, 2.45) is 0 Å². The highest BCUT2D eigenvalue weighted by atomic mass is 32.2. The molecule has 0 amide bonds. The predicted octanol–water partition coefficient (Wildman–Crippen LogP) is 14.2. The molecule has 2 nitrogen and oxygen atoms in total. The molecule has 0 bridgehead atoms. The molecule has 7 aromatic rings. The van der Waals surface area contributed by atoms with E-state index in [1.165, 1.54) is 98.2 Å². The molecule has 7 aromatic carbocycles. The first-order valence-corrected chi connectivity index (χ1v) is 19.7. The Morgan fingerprint density at radius 3 is 1.00 bits per heavy atom. The summed E-state index contributed by atoms with van der Waals surface area (Å²) in [6.07, 6.45) is 0. The number of benzene rings is 7. The van der Waals surface area contributed by atoms with Gasteiger partial charge in [0, 0.05) is 41.8 Å². The van der Waals surface area contributed by atoms with Gasteiger partial charge < -0.3 is 9.80 Å². The van der Waals surface area contributed by atoms with Gasteiger partial charge in [-0.3, -0.25) is 0 Å². The van der Waals surface area contributed by atoms with Crippen molar-refractivity contribution in [1.82, 2.24) is 0 Å². The molecule has 2 aliphatic carbocycles. The second-order valence-electron chi connectivity index (χ2n) is 15.4. The molecule has 0 N–H and O–H groups in total. The van der Waals surface area contributed by atoms with Gasteiger partial charge in [-0.25, -0.2) is 0 Å². The van der Waals surface area contributed by atoms with Crippen LogP contribution in [0.3, 0.4) is 0 Å². The van der Waals surface area contributed by atoms with Crippen molar-refractivity contribution in [3.8, 4) is 22.3 Å². The van der Waals surface area contributed by atoms with Gasteiger partial charge >= 0.3 is 0 Å². The minimum Gasteiger partial charge on any atom is -0.308 e. The van der Waals surface area contributed by atoms with Crippen molar-refractivity contribution in [2.45, 2.75) is 58.1 Å². The lowest BCUT2D eigenvalue weighted by atomic mass is 9.79. The molecule has 250 valence electrons. The molecule has 0 spiro atoms. The number of hydrogen-bond donors (Lipinski definition) is 0. The third-order valence-corrected chi connectivity index (χ3v) is 14.1. The van der Waals surface area contributed by atoms with E-state index in [2.05, 4.69) is 183 Å². The Balaban J connectivity index is 1.02. The SMILES string of the molecule is CC1(C)c2cc(N3c4ccccc4Sc4ccccc43)ccc2-c2cc3c(cc21)-c1ccc(N2c4ccccc4Sc4ccccc42)cc1C3(C)C. The number of fused-ring (bicyclic) bond motifs is 10. The second-order valence-corrected chi connectivity index (χ2v) is 17.6. The number of para-hydroxylation sites is 4. The summed E-state index contributed by atoms with van der Waals surface area (Å²) in [6.45, 7) is 9.65. The molecular weight excluding hydrogens is 669 g/mol. The summed E-state index contributed by atoms with van der Waals surface area (Å²) in [7, 11) is 0. The molecule has 0 atom stereocenters. The zero-order chi connectivity index (χ0) is 34.9. The van der Waals surface area contributed by atoms with Gasteiger partial charge in [0.1, 0.15) is 0 Å². The monoisotopic (exact) mass is 704 g/mol. The Bertz CT molecular complexity index is 2390. The predicted molar refractivity (Wildman–Crippen MR) is 219 cm³/mol. The van der Waals surface area contributed by atoms with Crippen molar-refractivity contribution >= 4 is 57.6 Å². The third-order valence-electron chi connectivity index (χ3n) is 11.8. The maximum Gasteiger partial charge on any atom is 0.0601 e. The van der Waals surface area contributed by atoms with Crippen LogP contribution in [0.2, 0.25) is 0 Å². The van der Waals surface area contributed by atoms with Gasteiger partial charge in [-0.1, -0.05) is 112 Å². The Labute approximate surface area is 314 Å². The minimum absolute atomic E-state index is 0.148. The molecule has 2 aliphatic heterocycles. The molecule has 11 rings (SSSR count). The van der Waals surface area contributed by atoms with Crippen LogP contribution >= 0.6 is 23.5 Å². The zero-order valence-electron chi connectivity index (χ0n) is 29.6. The molecule has 2 heterocycles. The summed E-state index contributed by atoms with van der Waals surface area (Å²) in [5.74, 6) is 0. The number of hydrogen-bond acceptors (Lipinski definition) is 4. The maximum atomic E-state index is 2.53. The highest BCUT2D eigenvalue weighted by Crippen LogP contribution is 2.59. The van der Waals surface area contributed by atoms with E-state index in [9.17, 15) is 0 Å². The smallest absolute Gasteiger partial charge is 0.0601 e. The molecule has 0 fully saturated rings. The van der Waals surface area contributed by atoms with Crippen LogP contribution in [0.15, 0.2) is 165 Å². The topological polar surface area (TPSA) is 6.48 Å². The summed E-state index contributed by atoms with van der Waals surface area (Å²) in [5, 5.41) is 0. The number of nitrogens with zero attached hydrogens (tertiary/aromatic N) is 2. The largest absolute Gasteiger partial charge is 0.308 e. The Hall–Kier alpha value is -5.16. The first-order chi connectivity index (χ1) is 25.3. The third kappa shape index (κ3) is 4.11. The van der Waals surface area contributed by atoms with Crippen LogP contribution in [-0.4, -0.2) is 0 Å². The van der Waals surface area contributed by atoms with Crippen LogP contribution in [0.25, 0.3) is 22.3 Å². The highest BCUT2D eigenvalue weighted by Gasteiger charge is 2.42.